The van der Waals surface area contributed by atoms with Gasteiger partial charge in [-0.25, -0.2) is 8.78 Å². The second-order valence-corrected chi connectivity index (χ2v) is 4.63. The largest absolute Gasteiger partial charge is 0.378 e. The fourth-order valence-corrected chi connectivity index (χ4v) is 2.40. The van der Waals surface area contributed by atoms with Crippen LogP contribution in [0.5, 0.6) is 0 Å². The zero-order valence-electron chi connectivity index (χ0n) is 9.83. The van der Waals surface area contributed by atoms with E-state index >= 15 is 0 Å². The lowest BCUT2D eigenvalue weighted by Crippen LogP contribution is -2.36. The van der Waals surface area contributed by atoms with Crippen LogP contribution in [-0.2, 0) is 11.2 Å². The fourth-order valence-electron chi connectivity index (χ4n) is 2.40. The number of hydrogen-bond donors (Lipinski definition) is 1. The molecule has 0 spiro atoms. The maximum absolute atomic E-state index is 13.5. The molecule has 17 heavy (non-hydrogen) atoms. The van der Waals surface area contributed by atoms with Gasteiger partial charge in [-0.2, -0.15) is 0 Å². The Morgan fingerprint density at radius 2 is 2.24 bits per heavy atom. The molecular weight excluding hydrogens is 224 g/mol. The van der Waals surface area contributed by atoms with E-state index in [1.54, 1.807) is 0 Å². The molecule has 0 aliphatic carbocycles. The topological polar surface area (TPSA) is 35.2 Å². The fraction of sp³-hybridized carbons (Fsp3) is 0.538. The van der Waals surface area contributed by atoms with Crippen LogP contribution in [-0.4, -0.2) is 18.8 Å². The molecule has 1 heterocycles. The number of benzene rings is 1. The van der Waals surface area contributed by atoms with Crippen LogP contribution in [0.1, 0.15) is 18.9 Å². The average Bonchev–Trinajstić information content (AvgIpc) is 2.68. The summed E-state index contributed by atoms with van der Waals surface area (Å²) in [7, 11) is 0. The van der Waals surface area contributed by atoms with Crippen molar-refractivity contribution in [2.75, 3.05) is 6.61 Å². The number of ether oxygens (including phenoxy) is 1. The van der Waals surface area contributed by atoms with Crippen LogP contribution >= 0.6 is 0 Å². The Kier molecular flexibility index (Phi) is 3.74. The van der Waals surface area contributed by atoms with E-state index in [4.69, 9.17) is 10.5 Å². The summed E-state index contributed by atoms with van der Waals surface area (Å²) in [5.74, 6) is -0.830. The summed E-state index contributed by atoms with van der Waals surface area (Å²) in [6.07, 6.45) is 1.45. The summed E-state index contributed by atoms with van der Waals surface area (Å²) in [5, 5.41) is 0. The van der Waals surface area contributed by atoms with Gasteiger partial charge in [-0.1, -0.05) is 6.07 Å². The molecule has 94 valence electrons. The number of halogens is 2. The van der Waals surface area contributed by atoms with E-state index in [9.17, 15) is 8.78 Å². The Hall–Kier alpha value is -1.00. The lowest BCUT2D eigenvalue weighted by atomic mass is 9.89. The normalized spacial score (nSPS) is 26.1. The van der Waals surface area contributed by atoms with E-state index in [1.165, 1.54) is 12.1 Å². The van der Waals surface area contributed by atoms with Gasteiger partial charge in [0, 0.05) is 24.6 Å². The van der Waals surface area contributed by atoms with Crippen LogP contribution in [0.15, 0.2) is 18.2 Å². The van der Waals surface area contributed by atoms with Crippen molar-refractivity contribution in [1.29, 1.82) is 0 Å². The summed E-state index contributed by atoms with van der Waals surface area (Å²) in [5.41, 5.74) is 6.54. The highest BCUT2D eigenvalue weighted by Crippen LogP contribution is 2.25. The monoisotopic (exact) mass is 241 g/mol. The predicted octanol–water partition coefficient (Wildman–Crippen LogP) is 2.26. The molecule has 3 atom stereocenters. The zero-order valence-corrected chi connectivity index (χ0v) is 9.83. The zero-order chi connectivity index (χ0) is 12.4. The quantitative estimate of drug-likeness (QED) is 0.881. The summed E-state index contributed by atoms with van der Waals surface area (Å²) >= 11 is 0. The van der Waals surface area contributed by atoms with Crippen LogP contribution in [0.3, 0.4) is 0 Å². The summed E-state index contributed by atoms with van der Waals surface area (Å²) in [6, 6.07) is 3.48. The third-order valence-electron chi connectivity index (χ3n) is 3.46. The molecule has 3 unspecified atom stereocenters. The molecule has 0 amide bonds. The molecule has 0 aromatic heterocycles. The van der Waals surface area contributed by atoms with E-state index in [1.807, 2.05) is 6.92 Å². The van der Waals surface area contributed by atoms with Gasteiger partial charge in [0.05, 0.1) is 6.10 Å². The summed E-state index contributed by atoms with van der Waals surface area (Å²) in [4.78, 5) is 0. The maximum Gasteiger partial charge on any atom is 0.129 e. The van der Waals surface area contributed by atoms with Gasteiger partial charge < -0.3 is 10.5 Å². The van der Waals surface area contributed by atoms with Gasteiger partial charge >= 0.3 is 0 Å². The van der Waals surface area contributed by atoms with Crippen LogP contribution in [0.2, 0.25) is 0 Å². The second kappa shape index (κ2) is 5.10. The molecule has 2 N–H and O–H groups in total. The molecule has 1 aliphatic rings. The molecule has 4 heteroatoms. The number of nitrogens with two attached hydrogens (primary N) is 1. The number of rotatable bonds is 3. The summed E-state index contributed by atoms with van der Waals surface area (Å²) in [6.45, 7) is 2.70. The van der Waals surface area contributed by atoms with Gasteiger partial charge in [-0.3, -0.25) is 0 Å². The molecule has 2 nitrogen and oxygen atoms in total. The van der Waals surface area contributed by atoms with Crippen molar-refractivity contribution in [3.8, 4) is 0 Å². The Labute approximate surface area is 99.8 Å². The first-order valence-corrected chi connectivity index (χ1v) is 5.89. The molecule has 0 saturated carbocycles. The van der Waals surface area contributed by atoms with Gasteiger partial charge in [0.15, 0.2) is 0 Å². The smallest absolute Gasteiger partial charge is 0.129 e. The molecule has 1 saturated heterocycles. The first-order valence-electron chi connectivity index (χ1n) is 5.89. The molecule has 1 aliphatic heterocycles. The lowest BCUT2D eigenvalue weighted by molar-refractivity contribution is 0.0994. The first-order chi connectivity index (χ1) is 8.08. The van der Waals surface area contributed by atoms with Gasteiger partial charge in [0.2, 0.25) is 0 Å². The van der Waals surface area contributed by atoms with Crippen molar-refractivity contribution in [3.63, 3.8) is 0 Å². The van der Waals surface area contributed by atoms with Gasteiger partial charge in [0.1, 0.15) is 11.6 Å². The van der Waals surface area contributed by atoms with E-state index in [2.05, 4.69) is 0 Å². The van der Waals surface area contributed by atoms with Crippen molar-refractivity contribution in [3.05, 3.63) is 35.4 Å². The minimum absolute atomic E-state index is 0.119. The highest BCUT2D eigenvalue weighted by atomic mass is 19.1. The second-order valence-electron chi connectivity index (χ2n) is 4.63. The van der Waals surface area contributed by atoms with Crippen molar-refractivity contribution in [2.45, 2.75) is 31.9 Å². The van der Waals surface area contributed by atoms with Gasteiger partial charge in [0.25, 0.3) is 0 Å². The molecular formula is C13H17F2NO. The Morgan fingerprint density at radius 1 is 1.47 bits per heavy atom. The van der Waals surface area contributed by atoms with E-state index < -0.39 is 11.6 Å². The highest BCUT2D eigenvalue weighted by Gasteiger charge is 2.30. The van der Waals surface area contributed by atoms with Crippen LogP contribution in [0.25, 0.3) is 0 Å². The molecule has 0 radical (unpaired) electrons. The summed E-state index contributed by atoms with van der Waals surface area (Å²) < 4.78 is 31.7. The van der Waals surface area contributed by atoms with E-state index in [-0.39, 0.29) is 18.1 Å². The minimum Gasteiger partial charge on any atom is -0.378 e. The van der Waals surface area contributed by atoms with Crippen LogP contribution in [0.4, 0.5) is 8.78 Å². The molecule has 1 aromatic carbocycles. The Bertz CT molecular complexity index is 397. The van der Waals surface area contributed by atoms with Gasteiger partial charge in [-0.05, 0) is 31.4 Å². The Balaban J connectivity index is 2.04. The predicted molar refractivity (Wildman–Crippen MR) is 61.6 cm³/mol. The van der Waals surface area contributed by atoms with Gasteiger partial charge in [-0.15, -0.1) is 0 Å². The van der Waals surface area contributed by atoms with Crippen molar-refractivity contribution < 1.29 is 13.5 Å². The van der Waals surface area contributed by atoms with Crippen LogP contribution < -0.4 is 5.73 Å². The van der Waals surface area contributed by atoms with Crippen molar-refractivity contribution >= 4 is 0 Å². The van der Waals surface area contributed by atoms with E-state index in [0.29, 0.717) is 18.6 Å². The van der Waals surface area contributed by atoms with E-state index in [0.717, 1.165) is 12.5 Å². The lowest BCUT2D eigenvalue weighted by Gasteiger charge is -2.22. The molecule has 1 fully saturated rings. The highest BCUT2D eigenvalue weighted by molar-refractivity contribution is 5.19. The number of hydrogen-bond acceptors (Lipinski definition) is 2. The Morgan fingerprint density at radius 3 is 2.82 bits per heavy atom. The first kappa shape index (κ1) is 12.5. The SMILES string of the molecule is CC1OCCC1C(N)Cc1ccc(F)cc1F. The van der Waals surface area contributed by atoms with Crippen LogP contribution in [0, 0.1) is 17.6 Å². The molecule has 1 aromatic rings. The third-order valence-corrected chi connectivity index (χ3v) is 3.46. The van der Waals surface area contributed by atoms with Crippen molar-refractivity contribution in [1.82, 2.24) is 0 Å². The third kappa shape index (κ3) is 2.82. The minimum atomic E-state index is -0.558. The van der Waals surface area contributed by atoms with Crippen molar-refractivity contribution in [2.24, 2.45) is 11.7 Å². The molecule has 2 rings (SSSR count). The average molecular weight is 241 g/mol. The maximum atomic E-state index is 13.5. The standard InChI is InChI=1S/C13H17F2NO/c1-8-11(4-5-17-8)13(16)6-9-2-3-10(14)7-12(9)15/h2-3,7-8,11,13H,4-6,16H2,1H3. The molecule has 0 bridgehead atoms.